The van der Waals surface area contributed by atoms with Gasteiger partial charge in [0.2, 0.25) is 0 Å². The number of nitrogens with zero attached hydrogens (tertiary/aromatic N) is 3. The van der Waals surface area contributed by atoms with E-state index in [0.717, 1.165) is 0 Å². The maximum Gasteiger partial charge on any atom is 0.167 e. The van der Waals surface area contributed by atoms with Crippen molar-refractivity contribution < 1.29 is 20.1 Å². The van der Waals surface area contributed by atoms with Gasteiger partial charge in [0.1, 0.15) is 35.6 Å². The molecule has 0 aliphatic carbocycles. The van der Waals surface area contributed by atoms with E-state index < -0.39 is 24.0 Å². The molecule has 0 radical (unpaired) electrons. The molecule has 20 heavy (non-hydrogen) atoms. The number of aromatic nitrogens is 3. The smallest absolute Gasteiger partial charge is 0.167 e. The first kappa shape index (κ1) is 13.3. The van der Waals surface area contributed by atoms with Gasteiger partial charge in [-0.05, 0) is 13.0 Å². The second-order valence-corrected chi connectivity index (χ2v) is 5.10. The Hall–Kier alpha value is -1.74. The van der Waals surface area contributed by atoms with Crippen LogP contribution in [-0.4, -0.2) is 54.3 Å². The number of fused-ring (bicyclic) bond motifs is 1. The van der Waals surface area contributed by atoms with Crippen LogP contribution in [0.25, 0.3) is 11.0 Å². The summed E-state index contributed by atoms with van der Waals surface area (Å²) in [6, 6.07) is 1.71. The van der Waals surface area contributed by atoms with Crippen molar-refractivity contribution in [2.24, 2.45) is 0 Å². The van der Waals surface area contributed by atoms with E-state index in [4.69, 9.17) is 10.5 Å². The van der Waals surface area contributed by atoms with Crippen molar-refractivity contribution in [1.82, 2.24) is 14.5 Å². The molecule has 3 heterocycles. The predicted octanol–water partition coefficient (Wildman–Crippen LogP) is -0.985. The van der Waals surface area contributed by atoms with Gasteiger partial charge in [-0.2, -0.15) is 0 Å². The van der Waals surface area contributed by atoms with Crippen molar-refractivity contribution in [1.29, 1.82) is 0 Å². The molecule has 0 saturated carbocycles. The van der Waals surface area contributed by atoms with Crippen molar-refractivity contribution in [3.63, 3.8) is 0 Å². The number of hydrogen-bond donors (Lipinski definition) is 4. The predicted molar refractivity (Wildman–Crippen MR) is 69.6 cm³/mol. The zero-order chi connectivity index (χ0) is 14.5. The van der Waals surface area contributed by atoms with Gasteiger partial charge in [0.25, 0.3) is 0 Å². The lowest BCUT2D eigenvalue weighted by molar-refractivity contribution is -0.0948. The number of aliphatic hydroxyl groups is 3. The standard InChI is InChI=1S/C12H16N4O4/c1-12(19)8(18)7(4-17)20-11(12)16-3-2-6-9(13)14-5-15-10(6)16/h2-3,5,7-8,11,17-19H,4H2,1H3,(H2,13,14,15)/t7-,8+,11-,12?/m0/s1. The summed E-state index contributed by atoms with van der Waals surface area (Å²) in [6.45, 7) is 1.07. The third kappa shape index (κ3) is 1.70. The summed E-state index contributed by atoms with van der Waals surface area (Å²) in [5, 5.41) is 30.3. The van der Waals surface area contributed by atoms with E-state index in [2.05, 4.69) is 9.97 Å². The first-order valence-electron chi connectivity index (χ1n) is 6.20. The Morgan fingerprint density at radius 3 is 2.90 bits per heavy atom. The van der Waals surface area contributed by atoms with Gasteiger partial charge in [-0.25, -0.2) is 9.97 Å². The van der Waals surface area contributed by atoms with Crippen LogP contribution in [0.1, 0.15) is 13.2 Å². The zero-order valence-electron chi connectivity index (χ0n) is 10.8. The van der Waals surface area contributed by atoms with E-state index in [9.17, 15) is 15.3 Å². The summed E-state index contributed by atoms with van der Waals surface area (Å²) in [5.41, 5.74) is 4.70. The summed E-state index contributed by atoms with van der Waals surface area (Å²) in [5.74, 6) is 0.325. The molecule has 1 aliphatic heterocycles. The summed E-state index contributed by atoms with van der Waals surface area (Å²) >= 11 is 0. The van der Waals surface area contributed by atoms with Gasteiger partial charge in [-0.15, -0.1) is 0 Å². The highest BCUT2D eigenvalue weighted by Crippen LogP contribution is 2.39. The maximum absolute atomic E-state index is 10.4. The van der Waals surface area contributed by atoms with E-state index in [-0.39, 0.29) is 6.61 Å². The van der Waals surface area contributed by atoms with Crippen LogP contribution < -0.4 is 5.73 Å². The molecule has 4 atom stereocenters. The second kappa shape index (κ2) is 4.38. The summed E-state index contributed by atoms with van der Waals surface area (Å²) in [6.07, 6.45) is 0.0428. The molecule has 1 fully saturated rings. The molecular weight excluding hydrogens is 264 g/mol. The molecule has 8 heteroatoms. The molecular formula is C12H16N4O4. The van der Waals surface area contributed by atoms with Gasteiger partial charge in [0, 0.05) is 6.20 Å². The monoisotopic (exact) mass is 280 g/mol. The first-order chi connectivity index (χ1) is 9.46. The van der Waals surface area contributed by atoms with Crippen LogP contribution in [0.15, 0.2) is 18.6 Å². The average molecular weight is 280 g/mol. The summed E-state index contributed by atoms with van der Waals surface area (Å²) in [4.78, 5) is 8.01. The highest BCUT2D eigenvalue weighted by atomic mass is 16.6. The lowest BCUT2D eigenvalue weighted by Gasteiger charge is -2.27. The molecule has 2 aromatic heterocycles. The molecule has 1 saturated heterocycles. The van der Waals surface area contributed by atoms with Crippen LogP contribution in [0, 0.1) is 0 Å². The van der Waals surface area contributed by atoms with E-state index in [1.807, 2.05) is 0 Å². The molecule has 0 aromatic carbocycles. The normalized spacial score (nSPS) is 33.9. The van der Waals surface area contributed by atoms with Gasteiger partial charge in [-0.3, -0.25) is 0 Å². The SMILES string of the molecule is CC1(O)[C@H](O)[C@H](CO)O[C@@H]1n1ccc2c(N)ncnc21. The van der Waals surface area contributed by atoms with Crippen molar-refractivity contribution in [2.75, 3.05) is 12.3 Å². The highest BCUT2D eigenvalue weighted by Gasteiger charge is 2.53. The Balaban J connectivity index is 2.10. The van der Waals surface area contributed by atoms with Crippen LogP contribution in [0.5, 0.6) is 0 Å². The molecule has 2 aromatic rings. The molecule has 0 bridgehead atoms. The molecule has 0 amide bonds. The molecule has 5 N–H and O–H groups in total. The number of hydrogen-bond acceptors (Lipinski definition) is 7. The number of aliphatic hydroxyl groups excluding tert-OH is 2. The minimum absolute atomic E-state index is 0.325. The zero-order valence-corrected chi connectivity index (χ0v) is 10.8. The molecule has 8 nitrogen and oxygen atoms in total. The minimum atomic E-state index is -1.56. The fourth-order valence-corrected chi connectivity index (χ4v) is 2.57. The van der Waals surface area contributed by atoms with Crippen molar-refractivity contribution >= 4 is 16.9 Å². The number of ether oxygens (including phenoxy) is 1. The van der Waals surface area contributed by atoms with Gasteiger partial charge in [0.05, 0.1) is 12.0 Å². The highest BCUT2D eigenvalue weighted by molar-refractivity contribution is 5.86. The van der Waals surface area contributed by atoms with Crippen LogP contribution in [0.4, 0.5) is 5.82 Å². The minimum Gasteiger partial charge on any atom is -0.394 e. The molecule has 1 aliphatic rings. The maximum atomic E-state index is 10.4. The quantitative estimate of drug-likeness (QED) is 0.556. The van der Waals surface area contributed by atoms with Crippen molar-refractivity contribution in [3.05, 3.63) is 18.6 Å². The number of rotatable bonds is 2. The van der Waals surface area contributed by atoms with Crippen LogP contribution >= 0.6 is 0 Å². The molecule has 3 rings (SSSR count). The van der Waals surface area contributed by atoms with E-state index >= 15 is 0 Å². The molecule has 108 valence electrons. The largest absolute Gasteiger partial charge is 0.394 e. The van der Waals surface area contributed by atoms with Gasteiger partial charge < -0.3 is 30.4 Å². The lowest BCUT2D eigenvalue weighted by atomic mass is 9.96. The summed E-state index contributed by atoms with van der Waals surface area (Å²) in [7, 11) is 0. The van der Waals surface area contributed by atoms with E-state index in [0.29, 0.717) is 16.9 Å². The Morgan fingerprint density at radius 2 is 2.25 bits per heavy atom. The Bertz CT molecular complexity index is 641. The molecule has 0 spiro atoms. The summed E-state index contributed by atoms with van der Waals surface area (Å²) < 4.78 is 7.12. The topological polar surface area (TPSA) is 127 Å². The van der Waals surface area contributed by atoms with Crippen LogP contribution in [0.2, 0.25) is 0 Å². The second-order valence-electron chi connectivity index (χ2n) is 5.10. The van der Waals surface area contributed by atoms with Crippen LogP contribution in [0.3, 0.4) is 0 Å². The van der Waals surface area contributed by atoms with Crippen molar-refractivity contribution in [2.45, 2.75) is 31.0 Å². The van der Waals surface area contributed by atoms with E-state index in [1.165, 1.54) is 13.3 Å². The lowest BCUT2D eigenvalue weighted by Crippen LogP contribution is -2.44. The van der Waals surface area contributed by atoms with Gasteiger partial charge in [0.15, 0.2) is 6.23 Å². The third-order valence-corrected chi connectivity index (χ3v) is 3.73. The fourth-order valence-electron chi connectivity index (χ4n) is 2.57. The van der Waals surface area contributed by atoms with Crippen LogP contribution in [-0.2, 0) is 4.74 Å². The Kier molecular flexibility index (Phi) is 2.91. The number of anilines is 1. The third-order valence-electron chi connectivity index (χ3n) is 3.73. The number of nitrogens with two attached hydrogens (primary N) is 1. The first-order valence-corrected chi connectivity index (χ1v) is 6.20. The van der Waals surface area contributed by atoms with Gasteiger partial charge >= 0.3 is 0 Å². The fraction of sp³-hybridized carbons (Fsp3) is 0.500. The Labute approximate surface area is 114 Å². The van der Waals surface area contributed by atoms with Gasteiger partial charge in [-0.1, -0.05) is 0 Å². The average Bonchev–Trinajstić information content (AvgIpc) is 2.92. The van der Waals surface area contributed by atoms with Crippen molar-refractivity contribution in [3.8, 4) is 0 Å². The number of nitrogen functional groups attached to an aromatic ring is 1. The van der Waals surface area contributed by atoms with E-state index in [1.54, 1.807) is 16.8 Å². The molecule has 1 unspecified atom stereocenters. The Morgan fingerprint density at radius 1 is 1.50 bits per heavy atom.